The molecule has 1 saturated heterocycles. The third kappa shape index (κ3) is 3.16. The van der Waals surface area contributed by atoms with Crippen molar-refractivity contribution in [1.29, 1.82) is 0 Å². The predicted octanol–water partition coefficient (Wildman–Crippen LogP) is 0.549. The first kappa shape index (κ1) is 18.6. The Kier molecular flexibility index (Phi) is 4.64. The number of likely N-dealkylation sites (tertiary alicyclic amines) is 1. The second-order valence-corrected chi connectivity index (χ2v) is 7.37. The molecule has 1 fully saturated rings. The number of nitrogens with one attached hydrogen (secondary N) is 1. The fourth-order valence-corrected chi connectivity index (χ4v) is 3.95. The number of amides is 1. The molecule has 0 aromatic heterocycles. The van der Waals surface area contributed by atoms with Gasteiger partial charge in [0.2, 0.25) is 6.35 Å². The van der Waals surface area contributed by atoms with E-state index in [1.165, 1.54) is 0 Å². The highest BCUT2D eigenvalue weighted by Gasteiger charge is 2.37. The third-order valence-electron chi connectivity index (χ3n) is 5.56. The van der Waals surface area contributed by atoms with Crippen molar-refractivity contribution in [3.63, 3.8) is 0 Å². The zero-order valence-electron chi connectivity index (χ0n) is 15.8. The van der Waals surface area contributed by atoms with Crippen LogP contribution in [0.2, 0.25) is 0 Å². The Morgan fingerprint density at radius 2 is 2.04 bits per heavy atom. The third-order valence-corrected chi connectivity index (χ3v) is 5.56. The Morgan fingerprint density at radius 1 is 1.29 bits per heavy atom. The molecule has 1 amide bonds. The molecule has 0 spiro atoms. The molecule has 9 heteroatoms. The summed E-state index contributed by atoms with van der Waals surface area (Å²) in [5.41, 5.74) is 3.77. The summed E-state index contributed by atoms with van der Waals surface area (Å²) in [6, 6.07) is 3.43. The van der Waals surface area contributed by atoms with Crippen molar-refractivity contribution < 1.29 is 19.8 Å². The smallest absolute Gasteiger partial charge is 0.320 e. The van der Waals surface area contributed by atoms with Crippen LogP contribution in [0.25, 0.3) is 0 Å². The molecule has 0 radical (unpaired) electrons. The first-order valence-electron chi connectivity index (χ1n) is 9.36. The number of aryl methyl sites for hydroxylation is 2. The first-order chi connectivity index (χ1) is 13.3. The minimum atomic E-state index is -1.32. The first-order valence-corrected chi connectivity index (χ1v) is 9.36. The van der Waals surface area contributed by atoms with Gasteiger partial charge in [0.05, 0.1) is 11.4 Å². The highest BCUT2D eigenvalue weighted by Crippen LogP contribution is 2.36. The molecule has 3 aliphatic rings. The minimum absolute atomic E-state index is 0.164. The van der Waals surface area contributed by atoms with Crippen molar-refractivity contribution in [2.45, 2.75) is 39.1 Å². The van der Waals surface area contributed by atoms with Gasteiger partial charge < -0.3 is 20.4 Å². The molecule has 1 aromatic rings. The molecule has 1 aromatic carbocycles. The van der Waals surface area contributed by atoms with Gasteiger partial charge in [0, 0.05) is 13.1 Å². The lowest BCUT2D eigenvalue weighted by molar-refractivity contribution is -0.142. The zero-order chi connectivity index (χ0) is 20.0. The number of hydrogen-bond donors (Lipinski definition) is 3. The quantitative estimate of drug-likeness (QED) is 0.697. The number of benzene rings is 1. The lowest BCUT2D eigenvalue weighted by atomic mass is 10.0. The van der Waals surface area contributed by atoms with Gasteiger partial charge in [0.15, 0.2) is 11.5 Å². The summed E-state index contributed by atoms with van der Waals surface area (Å²) in [6.45, 7) is 5.65. The van der Waals surface area contributed by atoms with Gasteiger partial charge in [-0.05, 0) is 56.5 Å². The average molecular weight is 385 g/mol. The van der Waals surface area contributed by atoms with E-state index in [4.69, 9.17) is 0 Å². The van der Waals surface area contributed by atoms with Crippen molar-refractivity contribution in [3.8, 4) is 0 Å². The van der Waals surface area contributed by atoms with Gasteiger partial charge in [-0.2, -0.15) is 0 Å². The molecule has 0 saturated carbocycles. The van der Waals surface area contributed by atoms with Crippen LogP contribution in [0.5, 0.6) is 0 Å². The highest BCUT2D eigenvalue weighted by molar-refractivity contribution is 6.70. The number of carboxylic acid groups (broad SMARTS) is 1. The van der Waals surface area contributed by atoms with Crippen molar-refractivity contribution >= 4 is 34.8 Å². The van der Waals surface area contributed by atoms with E-state index in [0.717, 1.165) is 29.8 Å². The predicted molar refractivity (Wildman–Crippen MR) is 104 cm³/mol. The van der Waals surface area contributed by atoms with E-state index in [2.05, 4.69) is 15.3 Å². The number of aliphatic carboxylic acids is 1. The number of rotatable bonds is 4. The topological polar surface area (TPSA) is 118 Å². The SMILES string of the molecule is Cc1cc2c(cc1C)N(CCN1CCCC1C(=O)O)C1=NC(O)NC(=O)C1=N2. The van der Waals surface area contributed by atoms with E-state index in [1.807, 2.05) is 35.8 Å². The van der Waals surface area contributed by atoms with Crippen LogP contribution >= 0.6 is 0 Å². The van der Waals surface area contributed by atoms with E-state index in [9.17, 15) is 19.8 Å². The number of nitrogens with zero attached hydrogens (tertiary/aromatic N) is 4. The van der Waals surface area contributed by atoms with Gasteiger partial charge in [0.1, 0.15) is 6.04 Å². The van der Waals surface area contributed by atoms with Crippen LogP contribution in [-0.4, -0.2) is 70.6 Å². The monoisotopic (exact) mass is 385 g/mol. The van der Waals surface area contributed by atoms with Crippen molar-refractivity contribution in [2.75, 3.05) is 24.5 Å². The van der Waals surface area contributed by atoms with Crippen LogP contribution in [0.15, 0.2) is 22.1 Å². The van der Waals surface area contributed by atoms with Gasteiger partial charge in [-0.15, -0.1) is 0 Å². The molecule has 9 nitrogen and oxygen atoms in total. The van der Waals surface area contributed by atoms with E-state index >= 15 is 0 Å². The van der Waals surface area contributed by atoms with Gasteiger partial charge >= 0.3 is 5.97 Å². The van der Waals surface area contributed by atoms with Crippen molar-refractivity contribution in [2.24, 2.45) is 9.98 Å². The Morgan fingerprint density at radius 3 is 2.79 bits per heavy atom. The van der Waals surface area contributed by atoms with Crippen molar-refractivity contribution in [1.82, 2.24) is 10.2 Å². The fraction of sp³-hybridized carbons (Fsp3) is 0.474. The van der Waals surface area contributed by atoms with Crippen molar-refractivity contribution in [3.05, 3.63) is 23.3 Å². The standard InChI is InChI=1S/C19H23N5O4/c1-10-8-12-14(9-11(10)2)24(7-6-23-5-3-4-13(23)18(26)27)16-15(20-12)17(25)22-19(28)21-16/h8-9,13,19,28H,3-7H2,1-2H3,(H,22,25)(H,26,27). The van der Waals surface area contributed by atoms with Crippen LogP contribution in [0.4, 0.5) is 11.4 Å². The van der Waals surface area contributed by atoms with Crippen LogP contribution < -0.4 is 10.2 Å². The number of carbonyl (C=O) groups is 2. The molecule has 3 N–H and O–H groups in total. The molecule has 2 unspecified atom stereocenters. The van der Waals surface area contributed by atoms with Gasteiger partial charge in [-0.3, -0.25) is 14.5 Å². The maximum atomic E-state index is 12.4. The number of aliphatic hydroxyl groups is 1. The Balaban J connectivity index is 1.70. The fourth-order valence-electron chi connectivity index (χ4n) is 3.95. The normalized spacial score (nSPS) is 24.2. The highest BCUT2D eigenvalue weighted by atomic mass is 16.4. The van der Waals surface area contributed by atoms with Crippen LogP contribution in [0.1, 0.15) is 24.0 Å². The minimum Gasteiger partial charge on any atom is -0.480 e. The summed E-state index contributed by atoms with van der Waals surface area (Å²) in [6.07, 6.45) is 0.162. The Labute approximate surface area is 162 Å². The van der Waals surface area contributed by atoms with Gasteiger partial charge in [0.25, 0.3) is 5.91 Å². The second kappa shape index (κ2) is 6.99. The molecule has 3 heterocycles. The number of aliphatic imine (C=N–C) groups is 2. The van der Waals surface area contributed by atoms with Crippen LogP contribution in [0.3, 0.4) is 0 Å². The van der Waals surface area contributed by atoms with Gasteiger partial charge in [-0.25, -0.2) is 9.98 Å². The number of aliphatic hydroxyl groups excluding tert-OH is 1. The molecule has 2 atom stereocenters. The number of anilines is 1. The Hall–Kier alpha value is -2.78. The van der Waals surface area contributed by atoms with Crippen LogP contribution in [-0.2, 0) is 9.59 Å². The second-order valence-electron chi connectivity index (χ2n) is 7.37. The summed E-state index contributed by atoms with van der Waals surface area (Å²) in [4.78, 5) is 36.3. The molecule has 4 rings (SSSR count). The summed E-state index contributed by atoms with van der Waals surface area (Å²) in [7, 11) is 0. The van der Waals surface area contributed by atoms with E-state index < -0.39 is 24.3 Å². The van der Waals surface area contributed by atoms with Crippen LogP contribution in [0, 0.1) is 13.8 Å². The molecule has 0 bridgehead atoms. The Bertz CT molecular complexity index is 910. The maximum absolute atomic E-state index is 12.4. The molecule has 3 aliphatic heterocycles. The number of carboxylic acids is 1. The lowest BCUT2D eigenvalue weighted by Crippen LogP contribution is -2.55. The average Bonchev–Trinajstić information content (AvgIpc) is 3.10. The van der Waals surface area contributed by atoms with E-state index in [0.29, 0.717) is 31.0 Å². The summed E-state index contributed by atoms with van der Waals surface area (Å²) >= 11 is 0. The number of amidine groups is 1. The maximum Gasteiger partial charge on any atom is 0.320 e. The summed E-state index contributed by atoms with van der Waals surface area (Å²) in [5, 5.41) is 21.7. The molecule has 28 heavy (non-hydrogen) atoms. The molecular weight excluding hydrogens is 362 g/mol. The van der Waals surface area contributed by atoms with E-state index in [-0.39, 0.29) is 5.71 Å². The van der Waals surface area contributed by atoms with E-state index in [1.54, 1.807) is 0 Å². The van der Waals surface area contributed by atoms with Gasteiger partial charge in [-0.1, -0.05) is 0 Å². The summed E-state index contributed by atoms with van der Waals surface area (Å²) in [5.74, 6) is -0.968. The molecular formula is C19H23N5O4. The number of carbonyl (C=O) groups excluding carboxylic acids is 1. The zero-order valence-corrected chi connectivity index (χ0v) is 15.8. The molecule has 148 valence electrons. The largest absolute Gasteiger partial charge is 0.480 e. The lowest BCUT2D eigenvalue weighted by Gasteiger charge is -2.35. The summed E-state index contributed by atoms with van der Waals surface area (Å²) < 4.78 is 0. The molecule has 0 aliphatic carbocycles. The number of fused-ring (bicyclic) bond motifs is 2. The number of hydrogen-bond acceptors (Lipinski definition) is 7.